The van der Waals surface area contributed by atoms with Gasteiger partial charge in [0, 0.05) is 5.56 Å². The van der Waals surface area contributed by atoms with Crippen molar-refractivity contribution in [2.45, 2.75) is 71.3 Å². The molecule has 2 heteroatoms. The zero-order chi connectivity index (χ0) is 15.2. The quantitative estimate of drug-likeness (QED) is 0.844. The zero-order valence-corrected chi connectivity index (χ0v) is 13.8. The molecule has 2 bridgehead atoms. The summed E-state index contributed by atoms with van der Waals surface area (Å²) in [6.45, 7) is 9.03. The molecule has 1 aliphatic carbocycles. The Bertz CT molecular complexity index is 535. The van der Waals surface area contributed by atoms with Crippen LogP contribution in [-0.4, -0.2) is 10.7 Å². The summed E-state index contributed by atoms with van der Waals surface area (Å²) in [5.41, 5.74) is 2.23. The SMILES string of the molecule is CCCc1cc(O)c2c(c1)O[C@]1(C)CC[C@@H](C(C)C)[C@H]2C1. The van der Waals surface area contributed by atoms with E-state index < -0.39 is 0 Å². The van der Waals surface area contributed by atoms with Crippen LogP contribution in [-0.2, 0) is 6.42 Å². The molecule has 1 fully saturated rings. The average molecular weight is 288 g/mol. The predicted octanol–water partition coefficient (Wildman–Crippen LogP) is 5.04. The zero-order valence-electron chi connectivity index (χ0n) is 13.8. The molecule has 0 spiro atoms. The molecule has 0 saturated heterocycles. The van der Waals surface area contributed by atoms with Crippen LogP contribution in [0.2, 0.25) is 0 Å². The maximum absolute atomic E-state index is 10.6. The third-order valence-electron chi connectivity index (χ3n) is 5.48. The lowest BCUT2D eigenvalue weighted by Gasteiger charge is -2.49. The number of aromatic hydroxyl groups is 1. The van der Waals surface area contributed by atoms with Crippen LogP contribution in [0.25, 0.3) is 0 Å². The van der Waals surface area contributed by atoms with Gasteiger partial charge in [0.15, 0.2) is 0 Å². The fourth-order valence-electron chi connectivity index (χ4n) is 4.42. The number of hydrogen-bond donors (Lipinski definition) is 1. The van der Waals surface area contributed by atoms with Crippen molar-refractivity contribution in [1.29, 1.82) is 0 Å². The van der Waals surface area contributed by atoms with Crippen LogP contribution in [0, 0.1) is 11.8 Å². The molecule has 0 amide bonds. The Morgan fingerprint density at radius 1 is 1.38 bits per heavy atom. The van der Waals surface area contributed by atoms with E-state index in [1.807, 2.05) is 6.07 Å². The molecule has 1 saturated carbocycles. The predicted molar refractivity (Wildman–Crippen MR) is 86.1 cm³/mol. The number of aryl methyl sites for hydroxylation is 1. The minimum absolute atomic E-state index is 0.0413. The number of rotatable bonds is 3. The summed E-state index contributed by atoms with van der Waals surface area (Å²) in [6.07, 6.45) is 5.47. The van der Waals surface area contributed by atoms with E-state index in [1.165, 1.54) is 12.0 Å². The van der Waals surface area contributed by atoms with Gasteiger partial charge in [-0.3, -0.25) is 0 Å². The second-order valence-corrected chi connectivity index (χ2v) is 7.59. The molecule has 21 heavy (non-hydrogen) atoms. The summed E-state index contributed by atoms with van der Waals surface area (Å²) in [5.74, 6) is 3.16. The Balaban J connectivity index is 2.07. The van der Waals surface area contributed by atoms with E-state index in [9.17, 15) is 5.11 Å². The number of phenols is 1. The van der Waals surface area contributed by atoms with Crippen LogP contribution in [0.15, 0.2) is 12.1 Å². The van der Waals surface area contributed by atoms with Gasteiger partial charge in [0.05, 0.1) is 0 Å². The van der Waals surface area contributed by atoms with Crippen molar-refractivity contribution in [3.05, 3.63) is 23.3 Å². The summed E-state index contributed by atoms with van der Waals surface area (Å²) in [5, 5.41) is 10.6. The topological polar surface area (TPSA) is 29.5 Å². The van der Waals surface area contributed by atoms with Gasteiger partial charge in [0.2, 0.25) is 0 Å². The van der Waals surface area contributed by atoms with Gasteiger partial charge in [-0.25, -0.2) is 0 Å². The van der Waals surface area contributed by atoms with Crippen LogP contribution < -0.4 is 4.74 Å². The largest absolute Gasteiger partial charge is 0.508 e. The van der Waals surface area contributed by atoms with Gasteiger partial charge in [0.1, 0.15) is 17.1 Å². The highest BCUT2D eigenvalue weighted by Gasteiger charge is 2.46. The van der Waals surface area contributed by atoms with E-state index in [4.69, 9.17) is 4.74 Å². The van der Waals surface area contributed by atoms with Crippen molar-refractivity contribution < 1.29 is 9.84 Å². The third kappa shape index (κ3) is 2.54. The minimum Gasteiger partial charge on any atom is -0.508 e. The highest BCUT2D eigenvalue weighted by atomic mass is 16.5. The number of ether oxygens (including phenoxy) is 1. The monoisotopic (exact) mass is 288 g/mol. The smallest absolute Gasteiger partial charge is 0.127 e. The second kappa shape index (κ2) is 5.23. The van der Waals surface area contributed by atoms with Crippen molar-refractivity contribution in [1.82, 2.24) is 0 Å². The molecule has 1 aliphatic heterocycles. The summed E-state index contributed by atoms with van der Waals surface area (Å²) in [6, 6.07) is 4.13. The molecule has 1 aromatic carbocycles. The molecule has 0 radical (unpaired) electrons. The van der Waals surface area contributed by atoms with E-state index in [0.717, 1.165) is 37.0 Å². The Labute approximate surface area is 128 Å². The van der Waals surface area contributed by atoms with Gasteiger partial charge in [-0.05, 0) is 68.1 Å². The maximum atomic E-state index is 10.6. The number of benzene rings is 1. The van der Waals surface area contributed by atoms with Crippen LogP contribution in [0.1, 0.15) is 70.4 Å². The summed E-state index contributed by atoms with van der Waals surface area (Å²) in [4.78, 5) is 0. The first-order valence-corrected chi connectivity index (χ1v) is 8.48. The molecule has 1 heterocycles. The highest BCUT2D eigenvalue weighted by molar-refractivity contribution is 5.52. The fraction of sp³-hybridized carbons (Fsp3) is 0.684. The molecule has 3 rings (SSSR count). The van der Waals surface area contributed by atoms with Gasteiger partial charge in [-0.15, -0.1) is 0 Å². The molecule has 116 valence electrons. The van der Waals surface area contributed by atoms with E-state index in [1.54, 1.807) is 0 Å². The molecule has 1 N–H and O–H groups in total. The fourth-order valence-corrected chi connectivity index (χ4v) is 4.42. The van der Waals surface area contributed by atoms with E-state index in [2.05, 4.69) is 33.8 Å². The van der Waals surface area contributed by atoms with Gasteiger partial charge in [0.25, 0.3) is 0 Å². The van der Waals surface area contributed by atoms with E-state index in [-0.39, 0.29) is 5.60 Å². The van der Waals surface area contributed by atoms with Crippen LogP contribution in [0.5, 0.6) is 11.5 Å². The van der Waals surface area contributed by atoms with Crippen molar-refractivity contribution in [3.63, 3.8) is 0 Å². The molecule has 0 aromatic heterocycles. The van der Waals surface area contributed by atoms with Crippen LogP contribution in [0.4, 0.5) is 0 Å². The second-order valence-electron chi connectivity index (χ2n) is 7.59. The summed E-state index contributed by atoms with van der Waals surface area (Å²) in [7, 11) is 0. The molecular formula is C19H28O2. The van der Waals surface area contributed by atoms with Crippen LogP contribution >= 0.6 is 0 Å². The minimum atomic E-state index is -0.0413. The molecular weight excluding hydrogens is 260 g/mol. The van der Waals surface area contributed by atoms with E-state index >= 15 is 0 Å². The lowest BCUT2D eigenvalue weighted by atomic mass is 9.64. The lowest BCUT2D eigenvalue weighted by Crippen LogP contribution is -2.45. The molecule has 1 aromatic rings. The number of fused-ring (bicyclic) bond motifs is 4. The van der Waals surface area contributed by atoms with Crippen molar-refractivity contribution >= 4 is 0 Å². The van der Waals surface area contributed by atoms with Crippen LogP contribution in [0.3, 0.4) is 0 Å². The first-order valence-electron chi connectivity index (χ1n) is 8.48. The van der Waals surface area contributed by atoms with Crippen molar-refractivity contribution in [2.75, 3.05) is 0 Å². The number of phenolic OH excluding ortho intramolecular Hbond substituents is 1. The van der Waals surface area contributed by atoms with E-state index in [0.29, 0.717) is 23.5 Å². The van der Waals surface area contributed by atoms with Crippen molar-refractivity contribution in [3.8, 4) is 11.5 Å². The molecule has 0 unspecified atom stereocenters. The first-order chi connectivity index (χ1) is 9.93. The Morgan fingerprint density at radius 2 is 2.14 bits per heavy atom. The van der Waals surface area contributed by atoms with Gasteiger partial charge in [-0.1, -0.05) is 27.2 Å². The first kappa shape index (κ1) is 14.7. The normalized spacial score (nSPS) is 30.9. The standard InChI is InChI=1S/C19H28O2/c1-5-6-13-9-16(20)18-15-11-19(4,21-17(18)10-13)8-7-14(15)12(2)3/h9-10,12,14-15,20H,5-8,11H2,1-4H3/t14-,15+,19+/m0/s1. The Kier molecular flexibility index (Phi) is 3.67. The Hall–Kier alpha value is -1.18. The lowest BCUT2D eigenvalue weighted by molar-refractivity contribution is -0.00865. The van der Waals surface area contributed by atoms with Gasteiger partial charge >= 0.3 is 0 Å². The summed E-state index contributed by atoms with van der Waals surface area (Å²) >= 11 is 0. The number of hydrogen-bond acceptors (Lipinski definition) is 2. The highest BCUT2D eigenvalue weighted by Crippen LogP contribution is 2.55. The third-order valence-corrected chi connectivity index (χ3v) is 5.48. The molecule has 3 atom stereocenters. The Morgan fingerprint density at radius 3 is 2.81 bits per heavy atom. The van der Waals surface area contributed by atoms with Crippen molar-refractivity contribution in [2.24, 2.45) is 11.8 Å². The molecule has 2 aliphatic rings. The summed E-state index contributed by atoms with van der Waals surface area (Å²) < 4.78 is 6.33. The van der Waals surface area contributed by atoms with Gasteiger partial charge in [-0.2, -0.15) is 0 Å². The average Bonchev–Trinajstić information content (AvgIpc) is 2.37. The maximum Gasteiger partial charge on any atom is 0.127 e. The molecule has 2 nitrogen and oxygen atoms in total. The van der Waals surface area contributed by atoms with Gasteiger partial charge < -0.3 is 9.84 Å².